The van der Waals surface area contributed by atoms with Crippen molar-refractivity contribution in [3.05, 3.63) is 76.9 Å². The first-order valence-corrected chi connectivity index (χ1v) is 12.1. The number of nitrogens with zero attached hydrogens (tertiary/aromatic N) is 1. The van der Waals surface area contributed by atoms with E-state index >= 15 is 0 Å². The zero-order valence-corrected chi connectivity index (χ0v) is 21.2. The lowest BCUT2D eigenvalue weighted by molar-refractivity contribution is -0.138. The molecular formula is C27H29ClF3N3O3. The lowest BCUT2D eigenvalue weighted by atomic mass is 10.0. The molecule has 0 aliphatic carbocycles. The van der Waals surface area contributed by atoms with Crippen molar-refractivity contribution >= 4 is 23.3 Å². The number of carboxylic acids is 1. The van der Waals surface area contributed by atoms with Gasteiger partial charge >= 0.3 is 12.1 Å². The van der Waals surface area contributed by atoms with Gasteiger partial charge in [-0.25, -0.2) is 4.98 Å². The summed E-state index contributed by atoms with van der Waals surface area (Å²) in [6, 6.07) is 14.5. The molecule has 10 heteroatoms. The number of rotatable bonds is 12. The number of hydrogen-bond donors (Lipinski definition) is 3. The number of hydrogen-bond acceptors (Lipinski definition) is 5. The third-order valence-electron chi connectivity index (χ3n) is 5.71. The molecule has 3 N–H and O–H groups in total. The summed E-state index contributed by atoms with van der Waals surface area (Å²) in [6.07, 6.45) is -2.86. The number of halogens is 4. The SMILES string of the molecule is CC(C)[C@@H](COc1ccc(-c2ccc(C(F)(F)F)cc2Cl)cn1)Nc1ccc(CNCCC(=O)O)cc1. The Labute approximate surface area is 218 Å². The van der Waals surface area contributed by atoms with Crippen molar-refractivity contribution in [1.82, 2.24) is 10.3 Å². The summed E-state index contributed by atoms with van der Waals surface area (Å²) in [4.78, 5) is 14.9. The number of anilines is 1. The van der Waals surface area contributed by atoms with Crippen LogP contribution in [0, 0.1) is 5.92 Å². The monoisotopic (exact) mass is 535 g/mol. The molecule has 0 amide bonds. The summed E-state index contributed by atoms with van der Waals surface area (Å²) >= 11 is 6.08. The van der Waals surface area contributed by atoms with Crippen molar-refractivity contribution in [3.8, 4) is 17.0 Å². The first-order valence-electron chi connectivity index (χ1n) is 11.8. The molecule has 198 valence electrons. The molecule has 3 aromatic rings. The highest BCUT2D eigenvalue weighted by atomic mass is 35.5. The number of ether oxygens (including phenoxy) is 1. The fourth-order valence-electron chi connectivity index (χ4n) is 3.49. The Morgan fingerprint density at radius 1 is 1.11 bits per heavy atom. The molecule has 0 bridgehead atoms. The van der Waals surface area contributed by atoms with Crippen LogP contribution in [0.4, 0.5) is 18.9 Å². The van der Waals surface area contributed by atoms with Crippen LogP contribution < -0.4 is 15.4 Å². The van der Waals surface area contributed by atoms with Crippen LogP contribution in [0.1, 0.15) is 31.4 Å². The van der Waals surface area contributed by atoms with Crippen LogP contribution in [0.2, 0.25) is 5.02 Å². The summed E-state index contributed by atoms with van der Waals surface area (Å²) in [5.74, 6) is -0.187. The predicted octanol–water partition coefficient (Wildman–Crippen LogP) is 6.50. The van der Waals surface area contributed by atoms with Crippen LogP contribution >= 0.6 is 11.6 Å². The topological polar surface area (TPSA) is 83.5 Å². The van der Waals surface area contributed by atoms with Gasteiger partial charge in [-0.1, -0.05) is 43.6 Å². The molecule has 3 rings (SSSR count). The van der Waals surface area contributed by atoms with E-state index in [0.717, 1.165) is 23.4 Å². The van der Waals surface area contributed by atoms with Gasteiger partial charge in [-0.05, 0) is 41.8 Å². The van der Waals surface area contributed by atoms with Crippen molar-refractivity contribution in [2.45, 2.75) is 39.0 Å². The first-order chi connectivity index (χ1) is 17.5. The lowest BCUT2D eigenvalue weighted by Crippen LogP contribution is -2.32. The van der Waals surface area contributed by atoms with Gasteiger partial charge < -0.3 is 20.5 Å². The molecule has 37 heavy (non-hydrogen) atoms. The largest absolute Gasteiger partial charge is 0.481 e. The number of carbonyl (C=O) groups is 1. The maximum absolute atomic E-state index is 12.9. The lowest BCUT2D eigenvalue weighted by Gasteiger charge is -2.23. The second-order valence-electron chi connectivity index (χ2n) is 8.90. The number of aromatic nitrogens is 1. The number of aliphatic carboxylic acids is 1. The Hall–Kier alpha value is -3.30. The van der Waals surface area contributed by atoms with E-state index in [4.69, 9.17) is 21.4 Å². The van der Waals surface area contributed by atoms with Gasteiger partial charge in [0.25, 0.3) is 0 Å². The zero-order valence-electron chi connectivity index (χ0n) is 20.5. The third-order valence-corrected chi connectivity index (χ3v) is 6.02. The predicted molar refractivity (Wildman–Crippen MR) is 138 cm³/mol. The fourth-order valence-corrected chi connectivity index (χ4v) is 3.78. The van der Waals surface area contributed by atoms with E-state index in [1.54, 1.807) is 12.1 Å². The second kappa shape index (κ2) is 12.8. The van der Waals surface area contributed by atoms with Crippen molar-refractivity contribution in [2.24, 2.45) is 5.92 Å². The molecule has 1 aromatic heterocycles. The van der Waals surface area contributed by atoms with Gasteiger partial charge in [0.2, 0.25) is 5.88 Å². The van der Waals surface area contributed by atoms with E-state index in [1.165, 1.54) is 12.3 Å². The molecule has 1 heterocycles. The van der Waals surface area contributed by atoms with Crippen LogP contribution in [0.25, 0.3) is 11.1 Å². The minimum absolute atomic E-state index is 0.00331. The van der Waals surface area contributed by atoms with Crippen molar-refractivity contribution in [2.75, 3.05) is 18.5 Å². The van der Waals surface area contributed by atoms with E-state index in [2.05, 4.69) is 29.5 Å². The number of nitrogens with one attached hydrogen (secondary N) is 2. The Morgan fingerprint density at radius 3 is 2.41 bits per heavy atom. The van der Waals surface area contributed by atoms with Crippen LogP contribution in [-0.2, 0) is 17.5 Å². The van der Waals surface area contributed by atoms with Crippen molar-refractivity contribution in [1.29, 1.82) is 0 Å². The van der Waals surface area contributed by atoms with Gasteiger partial charge in [0, 0.05) is 47.2 Å². The maximum Gasteiger partial charge on any atom is 0.416 e. The van der Waals surface area contributed by atoms with Gasteiger partial charge in [-0.3, -0.25) is 4.79 Å². The minimum Gasteiger partial charge on any atom is -0.481 e. The summed E-state index contributed by atoms with van der Waals surface area (Å²) in [5.41, 5.74) is 2.21. The highest BCUT2D eigenvalue weighted by molar-refractivity contribution is 6.33. The molecule has 0 unspecified atom stereocenters. The molecule has 2 aromatic carbocycles. The molecule has 0 saturated heterocycles. The number of pyridine rings is 1. The Morgan fingerprint density at radius 2 is 1.84 bits per heavy atom. The van der Waals surface area contributed by atoms with Gasteiger partial charge in [-0.15, -0.1) is 0 Å². The Bertz CT molecular complexity index is 1170. The highest BCUT2D eigenvalue weighted by Gasteiger charge is 2.31. The second-order valence-corrected chi connectivity index (χ2v) is 9.31. The normalized spacial score (nSPS) is 12.4. The number of carboxylic acid groups (broad SMARTS) is 1. The van der Waals surface area contributed by atoms with Crippen LogP contribution in [0.5, 0.6) is 5.88 Å². The average molecular weight is 536 g/mol. The number of benzene rings is 2. The van der Waals surface area contributed by atoms with Crippen molar-refractivity contribution < 1.29 is 27.8 Å². The quantitative estimate of drug-likeness (QED) is 0.230. The van der Waals surface area contributed by atoms with Gasteiger partial charge in [0.15, 0.2) is 0 Å². The molecule has 0 saturated carbocycles. The van der Waals surface area contributed by atoms with Crippen LogP contribution in [-0.4, -0.2) is 35.3 Å². The fraction of sp³-hybridized carbons (Fsp3) is 0.333. The molecule has 0 aliphatic rings. The van der Waals surface area contributed by atoms with Crippen LogP contribution in [0.15, 0.2) is 60.8 Å². The third kappa shape index (κ3) is 8.65. The van der Waals surface area contributed by atoms with E-state index in [-0.39, 0.29) is 23.4 Å². The van der Waals surface area contributed by atoms with Crippen LogP contribution in [0.3, 0.4) is 0 Å². The Balaban J connectivity index is 1.56. The summed E-state index contributed by atoms with van der Waals surface area (Å²) in [6.45, 7) is 5.50. The molecule has 1 atom stereocenters. The standard InChI is InChI=1S/C27H29ClF3N3O3/c1-17(2)24(34-21-7-3-18(4-8-21)14-32-12-11-26(35)36)16-37-25-10-5-19(15-33-25)22-9-6-20(13-23(22)28)27(29,30)31/h3-10,13,15,17,24,32,34H,11-12,14,16H2,1-2H3,(H,35,36)/t24-/m1/s1. The smallest absolute Gasteiger partial charge is 0.416 e. The van der Waals surface area contributed by atoms with E-state index in [1.807, 2.05) is 24.3 Å². The zero-order chi connectivity index (χ0) is 27.0. The highest BCUT2D eigenvalue weighted by Crippen LogP contribution is 2.35. The van der Waals surface area contributed by atoms with Gasteiger partial charge in [0.05, 0.1) is 18.0 Å². The minimum atomic E-state index is -4.46. The van der Waals surface area contributed by atoms with Gasteiger partial charge in [0.1, 0.15) is 6.61 Å². The molecular weight excluding hydrogens is 507 g/mol. The van der Waals surface area contributed by atoms with Gasteiger partial charge in [-0.2, -0.15) is 13.2 Å². The van der Waals surface area contributed by atoms with E-state index < -0.39 is 17.7 Å². The molecule has 6 nitrogen and oxygen atoms in total. The van der Waals surface area contributed by atoms with Crippen molar-refractivity contribution in [3.63, 3.8) is 0 Å². The average Bonchev–Trinajstić information content (AvgIpc) is 2.85. The van der Waals surface area contributed by atoms with E-state index in [9.17, 15) is 18.0 Å². The summed E-state index contributed by atoms with van der Waals surface area (Å²) in [7, 11) is 0. The molecule has 0 aliphatic heterocycles. The molecule has 0 fully saturated rings. The molecule has 0 radical (unpaired) electrons. The molecule has 0 spiro atoms. The Kier molecular flexibility index (Phi) is 9.77. The first kappa shape index (κ1) is 28.3. The summed E-state index contributed by atoms with van der Waals surface area (Å²) < 4.78 is 44.5. The summed E-state index contributed by atoms with van der Waals surface area (Å²) in [5, 5.41) is 15.2. The number of alkyl halides is 3. The maximum atomic E-state index is 12.9. The van der Waals surface area contributed by atoms with E-state index in [0.29, 0.717) is 36.7 Å².